The fourth-order valence-electron chi connectivity index (χ4n) is 4.59. The van der Waals surface area contributed by atoms with E-state index in [-0.39, 0.29) is 34.0 Å². The normalized spacial score (nSPS) is 11.9. The van der Waals surface area contributed by atoms with Crippen LogP contribution in [0.25, 0.3) is 0 Å². The lowest BCUT2D eigenvalue weighted by Crippen LogP contribution is -2.31. The van der Waals surface area contributed by atoms with Crippen LogP contribution in [-0.2, 0) is 47.6 Å². The smallest absolute Gasteiger partial charge is 0.246 e. The molecule has 3 aromatic rings. The van der Waals surface area contributed by atoms with Crippen molar-refractivity contribution in [3.8, 4) is 0 Å². The summed E-state index contributed by atoms with van der Waals surface area (Å²) in [6.45, 7) is 8.34. The molecule has 0 bridgehead atoms. The lowest BCUT2D eigenvalue weighted by Gasteiger charge is -2.35. The number of rotatable bonds is 29. The third-order valence-corrected chi connectivity index (χ3v) is 10.6. The average molecular weight is 735 g/mol. The van der Waals surface area contributed by atoms with Crippen molar-refractivity contribution >= 4 is 34.4 Å². The Morgan fingerprint density at radius 1 is 0.673 bits per heavy atom. The van der Waals surface area contributed by atoms with Gasteiger partial charge in [0.1, 0.15) is 6.61 Å². The van der Waals surface area contributed by atoms with E-state index in [1.54, 1.807) is 0 Å². The Morgan fingerprint density at radius 2 is 1.14 bits per heavy atom. The Labute approximate surface area is 297 Å². The molecule has 1 amide bonds. The molecule has 3 aromatic carbocycles. The second-order valence-corrected chi connectivity index (χ2v) is 14.1. The number of hydrogen-bond donors (Lipinski definition) is 2. The van der Waals surface area contributed by atoms with Crippen LogP contribution >= 0.6 is 28.5 Å². The topological polar surface area (TPSA) is 129 Å². The van der Waals surface area contributed by atoms with Gasteiger partial charge >= 0.3 is 0 Å². The van der Waals surface area contributed by atoms with Crippen LogP contribution in [0.3, 0.4) is 0 Å². The Balaban J connectivity index is 1.18. The van der Waals surface area contributed by atoms with Crippen molar-refractivity contribution in [2.24, 2.45) is 5.90 Å². The fourth-order valence-corrected chi connectivity index (χ4v) is 7.45. The van der Waals surface area contributed by atoms with Gasteiger partial charge in [0.15, 0.2) is 5.50 Å². The van der Waals surface area contributed by atoms with E-state index in [9.17, 15) is 4.79 Å². The molecule has 268 valence electrons. The molecule has 0 aliphatic heterocycles. The van der Waals surface area contributed by atoms with Gasteiger partial charge in [0.25, 0.3) is 0 Å². The van der Waals surface area contributed by atoms with Crippen molar-refractivity contribution in [3.63, 3.8) is 0 Å². The van der Waals surface area contributed by atoms with Crippen LogP contribution < -0.4 is 11.2 Å². The highest BCUT2D eigenvalue weighted by Gasteiger charge is 2.36. The molecule has 2 unspecified atom stereocenters. The Kier molecular flexibility index (Phi) is 22.1. The molecule has 0 aromatic heterocycles. The predicted octanol–water partition coefficient (Wildman–Crippen LogP) is 5.41. The number of amides is 1. The molecule has 0 heterocycles. The molecule has 0 fully saturated rings. The van der Waals surface area contributed by atoms with Crippen LogP contribution in [0.15, 0.2) is 103 Å². The molecule has 3 rings (SSSR count). The number of ether oxygens (including phenoxy) is 5. The van der Waals surface area contributed by atoms with Gasteiger partial charge in [-0.3, -0.25) is 4.79 Å². The zero-order chi connectivity index (χ0) is 34.7. The molecule has 49 heavy (non-hydrogen) atoms. The molecule has 0 radical (unpaired) electrons. The summed E-state index contributed by atoms with van der Waals surface area (Å²) in [5.74, 6) is 5.37. The molecule has 0 saturated heterocycles. The van der Waals surface area contributed by atoms with E-state index in [1.165, 1.54) is 16.7 Å². The van der Waals surface area contributed by atoms with Crippen molar-refractivity contribution in [1.29, 1.82) is 0 Å². The van der Waals surface area contributed by atoms with Crippen molar-refractivity contribution < 1.29 is 42.9 Å². The maximum Gasteiger partial charge on any atom is 0.246 e. The molecule has 2 atom stereocenters. The zero-order valence-electron chi connectivity index (χ0n) is 27.7. The Hall–Kier alpha value is -2.44. The van der Waals surface area contributed by atoms with Crippen molar-refractivity contribution in [2.75, 3.05) is 85.0 Å². The molecule has 11 nitrogen and oxygen atoms in total. The van der Waals surface area contributed by atoms with Crippen molar-refractivity contribution in [3.05, 3.63) is 120 Å². The van der Waals surface area contributed by atoms with Crippen LogP contribution in [0.1, 0.15) is 16.7 Å². The monoisotopic (exact) mass is 734 g/mol. The first kappa shape index (κ1) is 41.0. The van der Waals surface area contributed by atoms with Gasteiger partial charge in [-0.15, -0.1) is 11.8 Å². The van der Waals surface area contributed by atoms with Crippen LogP contribution in [0.4, 0.5) is 0 Å². The maximum atomic E-state index is 11.9. The molecule has 0 spiro atoms. The van der Waals surface area contributed by atoms with Gasteiger partial charge < -0.3 is 38.4 Å². The summed E-state index contributed by atoms with van der Waals surface area (Å²) in [6.07, 6.45) is 0. The third kappa shape index (κ3) is 16.4. The minimum atomic E-state index is -0.359. The van der Waals surface area contributed by atoms with Gasteiger partial charge in [0.2, 0.25) is 5.91 Å². The van der Waals surface area contributed by atoms with Crippen molar-refractivity contribution in [1.82, 2.24) is 5.32 Å². The van der Waals surface area contributed by atoms with Crippen molar-refractivity contribution in [2.45, 2.75) is 4.75 Å². The van der Waals surface area contributed by atoms with Gasteiger partial charge in [-0.2, -0.15) is 5.90 Å². The standard InChI is InChI=1S/C35H48N2O9P2S/c1-30(45-46-36)47-48-44-26-25-41-20-19-39-18-17-37-34(38)29-43-24-23-40-21-22-42-27-28-49-35(31-11-5-2-6-12-31,32-13-7-3-8-14-32)33-15-9-4-10-16-33/h2-16,47-48H,1,17-29,36H2,(H,37,38). The van der Waals surface area contributed by atoms with Crippen LogP contribution in [0.5, 0.6) is 0 Å². The molecular weight excluding hydrogens is 686 g/mol. The number of carbonyl (C=O) groups excluding carboxylic acids is 1. The maximum absolute atomic E-state index is 11.9. The summed E-state index contributed by atoms with van der Waals surface area (Å²) in [7, 11) is 0.469. The number of benzene rings is 3. The highest BCUT2D eigenvalue weighted by Crippen LogP contribution is 2.48. The highest BCUT2D eigenvalue weighted by molar-refractivity contribution is 8.11. The predicted molar refractivity (Wildman–Crippen MR) is 197 cm³/mol. The second-order valence-electron chi connectivity index (χ2n) is 10.2. The first-order chi connectivity index (χ1) is 24.2. The van der Waals surface area contributed by atoms with Crippen LogP contribution in [0.2, 0.25) is 0 Å². The Bertz CT molecular complexity index is 1190. The van der Waals surface area contributed by atoms with E-state index in [0.29, 0.717) is 78.1 Å². The zero-order valence-corrected chi connectivity index (χ0v) is 30.5. The van der Waals surface area contributed by atoms with Gasteiger partial charge in [-0.05, 0) is 16.7 Å². The minimum Gasteiger partial charge on any atom is -0.378 e. The lowest BCUT2D eigenvalue weighted by molar-refractivity contribution is -0.257. The molecule has 0 aliphatic rings. The van der Waals surface area contributed by atoms with E-state index in [0.717, 1.165) is 5.75 Å². The van der Waals surface area contributed by atoms with Crippen LogP contribution in [-0.4, -0.2) is 90.9 Å². The van der Waals surface area contributed by atoms with E-state index in [2.05, 4.69) is 113 Å². The molecule has 14 heteroatoms. The summed E-state index contributed by atoms with van der Waals surface area (Å²) < 4.78 is 32.9. The van der Waals surface area contributed by atoms with E-state index >= 15 is 0 Å². The fraction of sp³-hybridized carbons (Fsp3) is 0.400. The first-order valence-corrected chi connectivity index (χ1v) is 19.9. The summed E-state index contributed by atoms with van der Waals surface area (Å²) in [5.41, 5.74) is 4.12. The molecule has 0 saturated carbocycles. The minimum absolute atomic E-state index is 0.0356. The molecule has 0 aliphatic carbocycles. The van der Waals surface area contributed by atoms with E-state index in [4.69, 9.17) is 34.1 Å². The Morgan fingerprint density at radius 3 is 1.67 bits per heavy atom. The number of nitrogens with two attached hydrogens (primary N) is 1. The molecule has 3 N–H and O–H groups in total. The molecular formula is C35H48N2O9P2S. The number of hydrogen-bond acceptors (Lipinski definition) is 11. The first-order valence-electron chi connectivity index (χ1n) is 16.0. The van der Waals surface area contributed by atoms with Gasteiger partial charge in [0, 0.05) is 29.1 Å². The van der Waals surface area contributed by atoms with E-state index < -0.39 is 0 Å². The largest absolute Gasteiger partial charge is 0.378 e. The van der Waals surface area contributed by atoms with Crippen LogP contribution in [0, 0.1) is 0 Å². The summed E-state index contributed by atoms with van der Waals surface area (Å²) in [6, 6.07) is 31.9. The SMILES string of the molecule is C=C(OON)PPOCCOCCOCCNC(=O)COCCOCCOCCSC(c1ccccc1)(c1ccccc1)c1ccccc1. The van der Waals surface area contributed by atoms with Gasteiger partial charge in [-0.1, -0.05) is 103 Å². The second kappa shape index (κ2) is 26.4. The number of nitrogens with one attached hydrogen (secondary N) is 1. The summed E-state index contributed by atoms with van der Waals surface area (Å²) in [5, 5.41) is 2.75. The van der Waals surface area contributed by atoms with Gasteiger partial charge in [-0.25, -0.2) is 0 Å². The lowest BCUT2D eigenvalue weighted by atomic mass is 9.84. The summed E-state index contributed by atoms with van der Waals surface area (Å²) in [4.78, 5) is 20.5. The number of thioether (sulfide) groups is 1. The number of carbonyl (C=O) groups is 1. The quantitative estimate of drug-likeness (QED) is 0.0237. The highest BCUT2D eigenvalue weighted by atomic mass is 32.2. The van der Waals surface area contributed by atoms with Gasteiger partial charge in [0.05, 0.1) is 70.8 Å². The summed E-state index contributed by atoms with van der Waals surface area (Å²) >= 11 is 1.87. The average Bonchev–Trinajstić information content (AvgIpc) is 3.14. The third-order valence-electron chi connectivity index (χ3n) is 6.75. The van der Waals surface area contributed by atoms with E-state index in [1.807, 2.05) is 11.8 Å².